The lowest BCUT2D eigenvalue weighted by atomic mass is 10.1. The summed E-state index contributed by atoms with van der Waals surface area (Å²) in [6.45, 7) is 6.20. The summed E-state index contributed by atoms with van der Waals surface area (Å²) >= 11 is 0. The van der Waals surface area contributed by atoms with E-state index in [4.69, 9.17) is 0 Å². The fourth-order valence-corrected chi connectivity index (χ4v) is 3.58. The highest BCUT2D eigenvalue weighted by Crippen LogP contribution is 2.48. The summed E-state index contributed by atoms with van der Waals surface area (Å²) in [6.07, 6.45) is 0.852. The minimum atomic E-state index is -0.237. The van der Waals surface area contributed by atoms with E-state index in [9.17, 15) is 9.18 Å². The third kappa shape index (κ3) is 2.60. The Morgan fingerprint density at radius 2 is 1.96 bits per heavy atom. The van der Waals surface area contributed by atoms with E-state index in [1.54, 1.807) is 12.1 Å². The molecule has 2 aromatic rings. The molecule has 24 heavy (non-hydrogen) atoms. The van der Waals surface area contributed by atoms with Crippen molar-refractivity contribution in [3.63, 3.8) is 0 Å². The van der Waals surface area contributed by atoms with Crippen LogP contribution in [-0.2, 0) is 17.9 Å². The number of hydrogen-bond donors (Lipinski definition) is 0. The molecule has 2 heterocycles. The van der Waals surface area contributed by atoms with Gasteiger partial charge in [0.1, 0.15) is 11.6 Å². The Hall–Kier alpha value is -2.24. The van der Waals surface area contributed by atoms with E-state index in [0.29, 0.717) is 19.0 Å². The summed E-state index contributed by atoms with van der Waals surface area (Å²) in [5.74, 6) is 2.40. The molecule has 2 aliphatic rings. The Bertz CT molecular complexity index is 768. The Labute approximate surface area is 140 Å². The van der Waals surface area contributed by atoms with Crippen LogP contribution in [0, 0.1) is 11.7 Å². The topological polar surface area (TPSA) is 51.0 Å². The van der Waals surface area contributed by atoms with Crippen molar-refractivity contribution in [1.82, 2.24) is 19.7 Å². The summed E-state index contributed by atoms with van der Waals surface area (Å²) in [5, 5.41) is 8.52. The van der Waals surface area contributed by atoms with Crippen LogP contribution in [0.15, 0.2) is 24.3 Å². The van der Waals surface area contributed by atoms with Crippen molar-refractivity contribution in [2.24, 2.45) is 5.92 Å². The molecule has 126 valence electrons. The number of benzene rings is 1. The SMILES string of the molecule is CC(C)c1nnc2n1CCN(C(=O)[C@H]1C[C@H]1c1ccc(F)cc1)C2. The van der Waals surface area contributed by atoms with Crippen molar-refractivity contribution in [2.45, 2.75) is 45.2 Å². The summed E-state index contributed by atoms with van der Waals surface area (Å²) in [6, 6.07) is 6.50. The van der Waals surface area contributed by atoms with Crippen molar-refractivity contribution < 1.29 is 9.18 Å². The van der Waals surface area contributed by atoms with Crippen LogP contribution in [-0.4, -0.2) is 32.1 Å². The summed E-state index contributed by atoms with van der Waals surface area (Å²) in [4.78, 5) is 14.6. The number of halogens is 1. The molecule has 1 aromatic heterocycles. The van der Waals surface area contributed by atoms with E-state index in [2.05, 4.69) is 28.6 Å². The molecule has 0 radical (unpaired) electrons. The second kappa shape index (κ2) is 5.69. The fourth-order valence-electron chi connectivity index (χ4n) is 3.58. The number of carbonyl (C=O) groups excluding carboxylic acids is 1. The van der Waals surface area contributed by atoms with Gasteiger partial charge in [-0.05, 0) is 30.0 Å². The van der Waals surface area contributed by atoms with Crippen LogP contribution < -0.4 is 0 Å². The molecular formula is C18H21FN4O. The van der Waals surface area contributed by atoms with Gasteiger partial charge in [-0.2, -0.15) is 0 Å². The second-order valence-corrected chi connectivity index (χ2v) is 7.04. The molecule has 5 nitrogen and oxygen atoms in total. The third-order valence-corrected chi connectivity index (χ3v) is 5.02. The molecule has 0 saturated heterocycles. The molecule has 1 aliphatic carbocycles. The summed E-state index contributed by atoms with van der Waals surface area (Å²) in [5.41, 5.74) is 1.05. The lowest BCUT2D eigenvalue weighted by molar-refractivity contribution is -0.134. The molecule has 0 N–H and O–H groups in total. The molecule has 1 fully saturated rings. The normalized spacial score (nSPS) is 22.6. The van der Waals surface area contributed by atoms with E-state index < -0.39 is 0 Å². The van der Waals surface area contributed by atoms with Gasteiger partial charge < -0.3 is 9.47 Å². The predicted molar refractivity (Wildman–Crippen MR) is 86.8 cm³/mol. The first-order valence-electron chi connectivity index (χ1n) is 8.51. The summed E-state index contributed by atoms with van der Waals surface area (Å²) < 4.78 is 15.2. The molecule has 0 spiro atoms. The molecule has 4 rings (SSSR count). The van der Waals surface area contributed by atoms with Gasteiger partial charge in [0.15, 0.2) is 5.82 Å². The van der Waals surface area contributed by atoms with E-state index in [-0.39, 0.29) is 23.6 Å². The lowest BCUT2D eigenvalue weighted by Crippen LogP contribution is -2.39. The van der Waals surface area contributed by atoms with Crippen LogP contribution in [0.5, 0.6) is 0 Å². The Morgan fingerprint density at radius 1 is 1.21 bits per heavy atom. The number of carbonyl (C=O) groups is 1. The Kier molecular flexibility index (Phi) is 3.62. The Balaban J connectivity index is 1.44. The van der Waals surface area contributed by atoms with Gasteiger partial charge in [-0.15, -0.1) is 10.2 Å². The number of hydrogen-bond acceptors (Lipinski definition) is 3. The van der Waals surface area contributed by atoms with Gasteiger partial charge in [0, 0.05) is 24.9 Å². The second-order valence-electron chi connectivity index (χ2n) is 7.04. The molecule has 2 atom stereocenters. The smallest absolute Gasteiger partial charge is 0.226 e. The standard InChI is InChI=1S/C18H21FN4O/c1-11(2)17-21-20-16-10-22(7-8-23(16)17)18(24)15-9-14(15)12-3-5-13(19)6-4-12/h3-6,11,14-15H,7-10H2,1-2H3/t14-,15-/m0/s1. The monoisotopic (exact) mass is 328 g/mol. The minimum absolute atomic E-state index is 0.0227. The van der Waals surface area contributed by atoms with E-state index in [1.807, 2.05) is 4.90 Å². The number of nitrogens with zero attached hydrogens (tertiary/aromatic N) is 4. The molecule has 0 unspecified atom stereocenters. The zero-order valence-electron chi connectivity index (χ0n) is 13.9. The van der Waals surface area contributed by atoms with Gasteiger partial charge in [0.2, 0.25) is 5.91 Å². The number of fused-ring (bicyclic) bond motifs is 1. The first kappa shape index (κ1) is 15.3. The van der Waals surface area contributed by atoms with Gasteiger partial charge >= 0.3 is 0 Å². The maximum Gasteiger partial charge on any atom is 0.226 e. The van der Waals surface area contributed by atoms with Crippen molar-refractivity contribution >= 4 is 5.91 Å². The van der Waals surface area contributed by atoms with Crippen LogP contribution in [0.3, 0.4) is 0 Å². The molecular weight excluding hydrogens is 307 g/mol. The molecule has 6 heteroatoms. The van der Waals surface area contributed by atoms with Crippen LogP contribution in [0.25, 0.3) is 0 Å². The highest BCUT2D eigenvalue weighted by molar-refractivity contribution is 5.83. The summed E-state index contributed by atoms with van der Waals surface area (Å²) in [7, 11) is 0. The van der Waals surface area contributed by atoms with Crippen molar-refractivity contribution in [1.29, 1.82) is 0 Å². The van der Waals surface area contributed by atoms with Gasteiger partial charge in [0.05, 0.1) is 6.54 Å². The lowest BCUT2D eigenvalue weighted by Gasteiger charge is -2.28. The average molecular weight is 328 g/mol. The number of rotatable bonds is 3. The van der Waals surface area contributed by atoms with Gasteiger partial charge in [-0.3, -0.25) is 4.79 Å². The highest BCUT2D eigenvalue weighted by atomic mass is 19.1. The molecule has 1 amide bonds. The van der Waals surface area contributed by atoms with Gasteiger partial charge in [-0.1, -0.05) is 26.0 Å². The average Bonchev–Trinajstić information content (AvgIpc) is 3.25. The number of aromatic nitrogens is 3. The molecule has 1 aromatic carbocycles. The van der Waals surface area contributed by atoms with Crippen molar-refractivity contribution in [2.75, 3.05) is 6.54 Å². The first-order chi connectivity index (χ1) is 11.5. The largest absolute Gasteiger partial charge is 0.333 e. The maximum absolute atomic E-state index is 13.0. The van der Waals surface area contributed by atoms with E-state index >= 15 is 0 Å². The molecule has 1 aliphatic heterocycles. The van der Waals surface area contributed by atoms with Crippen molar-refractivity contribution in [3.8, 4) is 0 Å². The zero-order valence-corrected chi connectivity index (χ0v) is 13.9. The van der Waals surface area contributed by atoms with E-state index in [0.717, 1.165) is 30.2 Å². The quantitative estimate of drug-likeness (QED) is 0.870. The molecule has 0 bridgehead atoms. The highest BCUT2D eigenvalue weighted by Gasteiger charge is 2.46. The van der Waals surface area contributed by atoms with Crippen LogP contribution >= 0.6 is 0 Å². The van der Waals surface area contributed by atoms with Crippen LogP contribution in [0.2, 0.25) is 0 Å². The van der Waals surface area contributed by atoms with Crippen molar-refractivity contribution in [3.05, 3.63) is 47.3 Å². The first-order valence-corrected chi connectivity index (χ1v) is 8.51. The maximum atomic E-state index is 13.0. The van der Waals surface area contributed by atoms with Gasteiger partial charge in [0.25, 0.3) is 0 Å². The number of amides is 1. The fraction of sp³-hybridized carbons (Fsp3) is 0.500. The minimum Gasteiger partial charge on any atom is -0.333 e. The van der Waals surface area contributed by atoms with Crippen LogP contribution in [0.4, 0.5) is 4.39 Å². The third-order valence-electron chi connectivity index (χ3n) is 5.02. The zero-order chi connectivity index (χ0) is 16.8. The van der Waals surface area contributed by atoms with Crippen LogP contribution in [0.1, 0.15) is 49.3 Å². The Morgan fingerprint density at radius 3 is 2.67 bits per heavy atom. The van der Waals surface area contributed by atoms with Gasteiger partial charge in [-0.25, -0.2) is 4.39 Å². The molecule has 1 saturated carbocycles. The predicted octanol–water partition coefficient (Wildman–Crippen LogP) is 2.69. The van der Waals surface area contributed by atoms with E-state index in [1.165, 1.54) is 12.1 Å².